The molecule has 8 atom stereocenters. The van der Waals surface area contributed by atoms with Gasteiger partial charge in [-0.1, -0.05) is 47.6 Å². The molecule has 2 saturated carbocycles. The molecule has 6 nitrogen and oxygen atoms in total. The van der Waals surface area contributed by atoms with Gasteiger partial charge in [0.05, 0.1) is 5.41 Å². The Kier molecular flexibility index (Phi) is 6.10. The third-order valence-corrected chi connectivity index (χ3v) is 16.2. The normalized spacial score (nSPS) is 41.8. The minimum atomic E-state index is -2.24. The zero-order chi connectivity index (χ0) is 27.3. The zero-order valence-electron chi connectivity index (χ0n) is 24.4. The highest BCUT2D eigenvalue weighted by molar-refractivity contribution is 6.73. The molecule has 0 amide bonds. The summed E-state index contributed by atoms with van der Waals surface area (Å²) in [4.78, 5) is 28.0. The fourth-order valence-electron chi connectivity index (χ4n) is 8.57. The molecule has 4 aliphatic carbocycles. The van der Waals surface area contributed by atoms with Crippen molar-refractivity contribution >= 4 is 28.6 Å². The van der Waals surface area contributed by atoms with Crippen LogP contribution in [0.3, 0.4) is 0 Å². The predicted molar refractivity (Wildman–Crippen MR) is 148 cm³/mol. The summed E-state index contributed by atoms with van der Waals surface area (Å²) in [6.07, 6.45) is 3.09. The van der Waals surface area contributed by atoms with Gasteiger partial charge in [-0.25, -0.2) is 4.79 Å². The largest absolute Gasteiger partial charge is 0.545 e. The Morgan fingerprint density at radius 2 is 1.70 bits per heavy atom. The minimum absolute atomic E-state index is 0.0274. The highest BCUT2D eigenvalue weighted by atomic mass is 28.4. The molecule has 0 aromatic heterocycles. The third-order valence-electron chi connectivity index (χ3n) is 10.7. The Labute approximate surface area is 224 Å². The van der Waals surface area contributed by atoms with Crippen molar-refractivity contribution in [2.75, 3.05) is 0 Å². The van der Waals surface area contributed by atoms with Crippen LogP contribution in [-0.2, 0) is 23.1 Å². The van der Waals surface area contributed by atoms with E-state index in [1.54, 1.807) is 0 Å². The number of ether oxygens (including phenoxy) is 2. The van der Waals surface area contributed by atoms with Gasteiger partial charge in [0, 0.05) is 5.92 Å². The van der Waals surface area contributed by atoms with Crippen LogP contribution in [0.4, 0.5) is 4.79 Å². The van der Waals surface area contributed by atoms with Gasteiger partial charge in [-0.2, -0.15) is 0 Å². The lowest BCUT2D eigenvalue weighted by molar-refractivity contribution is -0.161. The number of ketones is 1. The van der Waals surface area contributed by atoms with Gasteiger partial charge in [0.2, 0.25) is 13.9 Å². The summed E-state index contributed by atoms with van der Waals surface area (Å²) in [7, 11) is -4.36. The molecule has 2 spiro atoms. The van der Waals surface area contributed by atoms with Crippen LogP contribution in [-0.4, -0.2) is 46.4 Å². The molecule has 2 bridgehead atoms. The Morgan fingerprint density at radius 1 is 1.08 bits per heavy atom. The van der Waals surface area contributed by atoms with Crippen molar-refractivity contribution in [2.24, 2.45) is 34.5 Å². The van der Waals surface area contributed by atoms with E-state index in [2.05, 4.69) is 73.3 Å². The van der Waals surface area contributed by atoms with Gasteiger partial charge in [-0.15, -0.1) is 0 Å². The van der Waals surface area contributed by atoms with Crippen molar-refractivity contribution in [2.45, 2.75) is 110 Å². The second kappa shape index (κ2) is 8.31. The summed E-state index contributed by atoms with van der Waals surface area (Å²) in [6, 6.07) is 2.82. The lowest BCUT2D eigenvalue weighted by atomic mass is 9.59. The van der Waals surface area contributed by atoms with Crippen LogP contribution in [0.5, 0.6) is 0 Å². The van der Waals surface area contributed by atoms with Crippen LogP contribution in [0.1, 0.15) is 54.9 Å². The number of carbonyl (C=O) groups is 2. The van der Waals surface area contributed by atoms with Gasteiger partial charge in [-0.3, -0.25) is 4.79 Å². The molecule has 8 heteroatoms. The maximum atomic E-state index is 15.0. The fraction of sp³-hybridized carbons (Fsp3) is 0.793. The molecule has 1 saturated heterocycles. The maximum Gasteiger partial charge on any atom is 0.509 e. The number of Topliss-reactive ketones (excluding diaryl/α,β-unsaturated/α-hetero) is 1. The number of hydrogen-bond donors (Lipinski definition) is 0. The van der Waals surface area contributed by atoms with E-state index in [1.165, 1.54) is 0 Å². The highest BCUT2D eigenvalue weighted by Crippen LogP contribution is 2.73. The van der Waals surface area contributed by atoms with Crippen molar-refractivity contribution < 1.29 is 27.9 Å². The Hall–Kier alpha value is -1.39. The van der Waals surface area contributed by atoms with Crippen molar-refractivity contribution in [1.82, 2.24) is 0 Å². The monoisotopic (exact) mass is 546 g/mol. The van der Waals surface area contributed by atoms with E-state index in [0.717, 1.165) is 30.1 Å². The number of hydrogen-bond acceptors (Lipinski definition) is 6. The van der Waals surface area contributed by atoms with Gasteiger partial charge < -0.3 is 18.3 Å². The number of allylic oxidation sites excluding steroid dienone is 1. The second-order valence-corrected chi connectivity index (χ2v) is 23.1. The van der Waals surface area contributed by atoms with Gasteiger partial charge in [0.1, 0.15) is 11.9 Å². The summed E-state index contributed by atoms with van der Waals surface area (Å²) in [5.41, 5.74) is -1.33. The van der Waals surface area contributed by atoms with Crippen LogP contribution in [0.2, 0.25) is 37.8 Å². The van der Waals surface area contributed by atoms with Gasteiger partial charge in [-0.05, 0) is 85.9 Å². The molecular weight excluding hydrogens is 500 g/mol. The molecule has 5 aliphatic rings. The fourth-order valence-corrected chi connectivity index (χ4v) is 12.2. The zero-order valence-corrected chi connectivity index (χ0v) is 26.4. The molecule has 3 fully saturated rings. The summed E-state index contributed by atoms with van der Waals surface area (Å²) in [6.45, 7) is 21.8. The average Bonchev–Trinajstić information content (AvgIpc) is 3.09. The van der Waals surface area contributed by atoms with Crippen molar-refractivity contribution in [3.05, 3.63) is 23.5 Å². The van der Waals surface area contributed by atoms with Gasteiger partial charge in [0.25, 0.3) is 0 Å². The van der Waals surface area contributed by atoms with Crippen molar-refractivity contribution in [3.63, 3.8) is 0 Å². The first kappa shape index (κ1) is 27.2. The summed E-state index contributed by atoms with van der Waals surface area (Å²) >= 11 is 0. The summed E-state index contributed by atoms with van der Waals surface area (Å²) < 4.78 is 26.5. The van der Waals surface area contributed by atoms with Gasteiger partial charge in [0.15, 0.2) is 20.2 Å². The van der Waals surface area contributed by atoms with E-state index in [9.17, 15) is 9.59 Å². The van der Waals surface area contributed by atoms with Crippen molar-refractivity contribution in [1.29, 1.82) is 0 Å². The molecule has 5 rings (SSSR count). The molecule has 37 heavy (non-hydrogen) atoms. The number of rotatable bonds is 7. The Bertz CT molecular complexity index is 1060. The molecule has 206 valence electrons. The van der Waals surface area contributed by atoms with Crippen molar-refractivity contribution in [3.8, 4) is 0 Å². The van der Waals surface area contributed by atoms with Crippen LogP contribution in [0, 0.1) is 34.5 Å². The molecule has 0 aromatic rings. The standard InChI is InChI=1S/C29H46O6Si2/c1-11-37(12-2,13-3)35-25-21(34-36(8,9)10)15-19-22-20(27(22,6)7)14-18(5)28(23(19)30)16-17(4)24-29(25,28)33-26(31)32-24/h15-16,18-20,22,24-25H,11-14H2,1-10H3/t18-,19+,20-,22+,24+,25-,28-,29-/m1/s1. The molecule has 0 unspecified atom stereocenters. The SMILES string of the molecule is CC[Si](CC)(CC)O[C@@H]1C(O[Si](C)(C)C)=C[C@@H]2C(=O)[C@@]3(C=C(C)[C@@H]4OC(=O)O[C@@]143)[C@H](C)C[C@@H]1[C@H]2C1(C)C. The molecule has 0 N–H and O–H groups in total. The van der Waals surface area contributed by atoms with E-state index in [1.807, 2.05) is 6.92 Å². The Balaban J connectivity index is 1.82. The van der Waals surface area contributed by atoms with E-state index in [-0.39, 0.29) is 29.0 Å². The third kappa shape index (κ3) is 3.50. The van der Waals surface area contributed by atoms with Gasteiger partial charge >= 0.3 is 6.16 Å². The number of fused-ring (bicyclic) bond motifs is 3. The molecule has 1 aliphatic heterocycles. The van der Waals surface area contributed by atoms with Crippen LogP contribution >= 0.6 is 0 Å². The lowest BCUT2D eigenvalue weighted by Gasteiger charge is -2.50. The predicted octanol–water partition coefficient (Wildman–Crippen LogP) is 6.84. The lowest BCUT2D eigenvalue weighted by Crippen LogP contribution is -2.66. The summed E-state index contributed by atoms with van der Waals surface area (Å²) in [5, 5.41) is 0. The van der Waals surface area contributed by atoms with E-state index in [4.69, 9.17) is 18.3 Å². The minimum Gasteiger partial charge on any atom is -0.545 e. The smallest absolute Gasteiger partial charge is 0.509 e. The highest BCUT2D eigenvalue weighted by Gasteiger charge is 2.81. The topological polar surface area (TPSA) is 71.1 Å². The first-order valence-corrected chi connectivity index (χ1v) is 20.3. The van der Waals surface area contributed by atoms with E-state index in [0.29, 0.717) is 11.7 Å². The second-order valence-electron chi connectivity index (χ2n) is 13.9. The molecule has 1 heterocycles. The summed E-state index contributed by atoms with van der Waals surface area (Å²) in [5.74, 6) is 1.21. The van der Waals surface area contributed by atoms with E-state index >= 15 is 0 Å². The van der Waals surface area contributed by atoms with Crippen LogP contribution < -0.4 is 0 Å². The quantitative estimate of drug-likeness (QED) is 0.198. The Morgan fingerprint density at radius 3 is 2.27 bits per heavy atom. The molecule has 0 aromatic carbocycles. The van der Waals surface area contributed by atoms with E-state index < -0.39 is 46.0 Å². The van der Waals surface area contributed by atoms with Crippen LogP contribution in [0.25, 0.3) is 0 Å². The number of carbonyl (C=O) groups excluding carboxylic acids is 2. The first-order chi connectivity index (χ1) is 17.1. The van der Waals surface area contributed by atoms with Crippen LogP contribution in [0.15, 0.2) is 23.5 Å². The maximum absolute atomic E-state index is 15.0. The first-order valence-electron chi connectivity index (χ1n) is 14.4. The molecule has 0 radical (unpaired) electrons. The molecular formula is C29H46O6Si2. The average molecular weight is 547 g/mol.